The summed E-state index contributed by atoms with van der Waals surface area (Å²) in [6.45, 7) is 7.47. The maximum Gasteiger partial charge on any atom is 0.244 e. The van der Waals surface area contributed by atoms with Gasteiger partial charge in [0.05, 0.1) is 5.02 Å². The minimum atomic E-state index is -3.64. The molecule has 18 heavy (non-hydrogen) atoms. The zero-order valence-corrected chi connectivity index (χ0v) is 12.3. The molecule has 0 aliphatic heterocycles. The summed E-state index contributed by atoms with van der Waals surface area (Å²) >= 11 is 5.98. The van der Waals surface area contributed by atoms with E-state index in [0.29, 0.717) is 5.69 Å². The first-order valence-corrected chi connectivity index (χ1v) is 7.14. The van der Waals surface area contributed by atoms with E-state index in [4.69, 9.17) is 17.3 Å². The van der Waals surface area contributed by atoms with E-state index in [2.05, 4.69) is 6.58 Å². The lowest BCUT2D eigenvalue weighted by molar-refractivity contribution is 0.493. The smallest absolute Gasteiger partial charge is 0.244 e. The molecule has 0 bridgehead atoms. The molecule has 0 aromatic heterocycles. The van der Waals surface area contributed by atoms with Crippen LogP contribution in [0.3, 0.4) is 0 Å². The molecular formula is C12H17ClN2O2S. The number of benzene rings is 1. The number of nitrogen functional groups attached to an aromatic ring is 1. The van der Waals surface area contributed by atoms with Gasteiger partial charge in [0.2, 0.25) is 10.0 Å². The summed E-state index contributed by atoms with van der Waals surface area (Å²) < 4.78 is 25.8. The summed E-state index contributed by atoms with van der Waals surface area (Å²) in [6.07, 6.45) is 0. The minimum Gasteiger partial charge on any atom is -0.398 e. The fraction of sp³-hybridized carbons (Fsp3) is 0.333. The number of sulfonamides is 1. The Hall–Kier alpha value is -1.04. The van der Waals surface area contributed by atoms with E-state index in [1.807, 2.05) is 0 Å². The van der Waals surface area contributed by atoms with E-state index in [9.17, 15) is 8.42 Å². The first-order valence-electron chi connectivity index (χ1n) is 5.32. The summed E-state index contributed by atoms with van der Waals surface area (Å²) in [5.74, 6) is 0. The molecule has 100 valence electrons. The fourth-order valence-electron chi connectivity index (χ4n) is 1.50. The number of hydrogen-bond acceptors (Lipinski definition) is 3. The van der Waals surface area contributed by atoms with E-state index in [1.54, 1.807) is 19.9 Å². The Morgan fingerprint density at radius 3 is 2.56 bits per heavy atom. The Morgan fingerprint density at radius 2 is 2.06 bits per heavy atom. The van der Waals surface area contributed by atoms with E-state index in [0.717, 1.165) is 11.1 Å². The fourth-order valence-corrected chi connectivity index (χ4v) is 3.32. The number of anilines is 1. The summed E-state index contributed by atoms with van der Waals surface area (Å²) in [6, 6.07) is 2.94. The van der Waals surface area contributed by atoms with Crippen molar-refractivity contribution in [2.75, 3.05) is 19.3 Å². The predicted octanol–water partition coefficient (Wildman–Crippen LogP) is 2.43. The molecule has 0 unspecified atom stereocenters. The van der Waals surface area contributed by atoms with Crippen LogP contribution in [0.2, 0.25) is 5.02 Å². The average molecular weight is 289 g/mol. The van der Waals surface area contributed by atoms with Crippen molar-refractivity contribution in [3.63, 3.8) is 0 Å². The van der Waals surface area contributed by atoms with Crippen LogP contribution in [0, 0.1) is 6.92 Å². The van der Waals surface area contributed by atoms with Gasteiger partial charge in [0.1, 0.15) is 4.90 Å². The van der Waals surface area contributed by atoms with Crippen LogP contribution in [0.4, 0.5) is 5.69 Å². The summed E-state index contributed by atoms with van der Waals surface area (Å²) in [7, 11) is -2.16. The summed E-state index contributed by atoms with van der Waals surface area (Å²) in [4.78, 5) is 0.0241. The van der Waals surface area contributed by atoms with Crippen LogP contribution in [0.5, 0.6) is 0 Å². The number of nitrogens with two attached hydrogens (primary N) is 1. The Balaban J connectivity index is 3.29. The first kappa shape index (κ1) is 15.0. The van der Waals surface area contributed by atoms with Gasteiger partial charge < -0.3 is 5.73 Å². The highest BCUT2D eigenvalue weighted by atomic mass is 35.5. The molecule has 1 rings (SSSR count). The second-order valence-electron chi connectivity index (χ2n) is 4.36. The highest BCUT2D eigenvalue weighted by Gasteiger charge is 2.24. The van der Waals surface area contributed by atoms with Gasteiger partial charge >= 0.3 is 0 Å². The van der Waals surface area contributed by atoms with Crippen LogP contribution < -0.4 is 5.73 Å². The lowest BCUT2D eigenvalue weighted by Gasteiger charge is -2.18. The van der Waals surface area contributed by atoms with Gasteiger partial charge in [-0.2, -0.15) is 4.31 Å². The Morgan fingerprint density at radius 1 is 1.50 bits per heavy atom. The predicted molar refractivity (Wildman–Crippen MR) is 75.2 cm³/mol. The molecule has 1 aromatic carbocycles. The zero-order valence-electron chi connectivity index (χ0n) is 10.7. The Labute approximate surface area is 113 Å². The molecule has 0 heterocycles. The molecule has 4 nitrogen and oxygen atoms in total. The van der Waals surface area contributed by atoms with Gasteiger partial charge in [-0.25, -0.2) is 8.42 Å². The monoisotopic (exact) mass is 288 g/mol. The molecule has 1 aromatic rings. The molecular weight excluding hydrogens is 272 g/mol. The van der Waals surface area contributed by atoms with Crippen molar-refractivity contribution in [3.05, 3.63) is 34.9 Å². The largest absolute Gasteiger partial charge is 0.398 e. The third kappa shape index (κ3) is 3.04. The maximum atomic E-state index is 12.3. The van der Waals surface area contributed by atoms with Gasteiger partial charge in [-0.1, -0.05) is 23.8 Å². The lowest BCUT2D eigenvalue weighted by Crippen LogP contribution is -2.28. The zero-order chi connectivity index (χ0) is 14.1. The minimum absolute atomic E-state index is 0.0241. The number of halogens is 1. The number of hydrogen-bond donors (Lipinski definition) is 1. The summed E-state index contributed by atoms with van der Waals surface area (Å²) in [5.41, 5.74) is 7.63. The van der Waals surface area contributed by atoms with Gasteiger partial charge in [-0.05, 0) is 31.5 Å². The third-order valence-corrected chi connectivity index (χ3v) is 4.77. The van der Waals surface area contributed by atoms with Crippen molar-refractivity contribution in [1.82, 2.24) is 4.31 Å². The van der Waals surface area contributed by atoms with Crippen LogP contribution in [0.1, 0.15) is 12.5 Å². The molecule has 0 atom stereocenters. The molecule has 2 N–H and O–H groups in total. The number of nitrogens with zero attached hydrogens (tertiary/aromatic N) is 1. The Kier molecular flexibility index (Phi) is 4.42. The molecule has 0 amide bonds. The highest BCUT2D eigenvalue weighted by molar-refractivity contribution is 7.89. The van der Waals surface area contributed by atoms with Crippen LogP contribution >= 0.6 is 11.6 Å². The standard InChI is InChI=1S/C12H17ClN2O2S/c1-8(2)7-15(4)18(16,17)12-6-11(14)9(3)5-10(12)13/h5-6H,1,7,14H2,2-4H3. The van der Waals surface area contributed by atoms with Gasteiger partial charge in [0, 0.05) is 19.3 Å². The van der Waals surface area contributed by atoms with Crippen LogP contribution in [-0.4, -0.2) is 26.3 Å². The molecule has 0 aliphatic rings. The molecule has 0 saturated heterocycles. The van der Waals surface area contributed by atoms with Gasteiger partial charge in [-0.3, -0.25) is 0 Å². The van der Waals surface area contributed by atoms with Crippen molar-refractivity contribution in [1.29, 1.82) is 0 Å². The Bertz CT molecular complexity index is 582. The molecule has 0 saturated carbocycles. The SMILES string of the molecule is C=C(C)CN(C)S(=O)(=O)c1cc(N)c(C)cc1Cl. The second kappa shape index (κ2) is 5.30. The van der Waals surface area contributed by atoms with E-state index in [1.165, 1.54) is 17.4 Å². The normalized spacial score (nSPS) is 11.8. The maximum absolute atomic E-state index is 12.3. The molecule has 0 fully saturated rings. The molecule has 0 aliphatic carbocycles. The number of rotatable bonds is 4. The molecule has 0 spiro atoms. The number of likely N-dealkylation sites (N-methyl/N-ethyl adjacent to an activating group) is 1. The van der Waals surface area contributed by atoms with Crippen LogP contribution in [0.15, 0.2) is 29.2 Å². The lowest BCUT2D eigenvalue weighted by atomic mass is 10.2. The van der Waals surface area contributed by atoms with E-state index < -0.39 is 10.0 Å². The van der Waals surface area contributed by atoms with E-state index >= 15 is 0 Å². The summed E-state index contributed by atoms with van der Waals surface area (Å²) in [5, 5.41) is 0.176. The highest BCUT2D eigenvalue weighted by Crippen LogP contribution is 2.28. The third-order valence-electron chi connectivity index (χ3n) is 2.50. The van der Waals surface area contributed by atoms with Gasteiger partial charge in [-0.15, -0.1) is 0 Å². The first-order chi connectivity index (χ1) is 8.16. The quantitative estimate of drug-likeness (QED) is 0.684. The van der Waals surface area contributed by atoms with Crippen molar-refractivity contribution >= 4 is 27.3 Å². The van der Waals surface area contributed by atoms with Gasteiger partial charge in [0.25, 0.3) is 0 Å². The van der Waals surface area contributed by atoms with Crippen molar-refractivity contribution in [2.45, 2.75) is 18.7 Å². The molecule has 6 heteroatoms. The molecule has 0 radical (unpaired) electrons. The van der Waals surface area contributed by atoms with Crippen LogP contribution in [0.25, 0.3) is 0 Å². The van der Waals surface area contributed by atoms with Crippen molar-refractivity contribution < 1.29 is 8.42 Å². The second-order valence-corrected chi connectivity index (χ2v) is 6.78. The topological polar surface area (TPSA) is 63.4 Å². The van der Waals surface area contributed by atoms with Gasteiger partial charge in [0.15, 0.2) is 0 Å². The van der Waals surface area contributed by atoms with Crippen LogP contribution in [-0.2, 0) is 10.0 Å². The van der Waals surface area contributed by atoms with E-state index in [-0.39, 0.29) is 16.5 Å². The van der Waals surface area contributed by atoms with Crippen molar-refractivity contribution in [3.8, 4) is 0 Å². The number of aryl methyl sites for hydroxylation is 1. The average Bonchev–Trinajstić information content (AvgIpc) is 2.22. The van der Waals surface area contributed by atoms with Crippen molar-refractivity contribution in [2.24, 2.45) is 0 Å².